The number of carboxylic acids is 1. The molecule has 1 heterocycles. The van der Waals surface area contributed by atoms with E-state index in [0.717, 1.165) is 31.8 Å². The molecule has 1 atom stereocenters. The summed E-state index contributed by atoms with van der Waals surface area (Å²) in [5, 5.41) is 8.93. The van der Waals surface area contributed by atoms with Crippen LogP contribution in [0.5, 0.6) is 5.75 Å². The molecule has 1 N–H and O–H groups in total. The summed E-state index contributed by atoms with van der Waals surface area (Å²) >= 11 is 0. The number of ether oxygens (including phenoxy) is 1. The van der Waals surface area contributed by atoms with E-state index >= 15 is 0 Å². The number of likely N-dealkylation sites (tertiary alicyclic amines) is 1. The molecular formula is C16H23NO3. The maximum atomic E-state index is 10.8. The molecule has 110 valence electrons. The van der Waals surface area contributed by atoms with Crippen LogP contribution < -0.4 is 4.74 Å². The highest BCUT2D eigenvalue weighted by Crippen LogP contribution is 2.24. The molecule has 1 fully saturated rings. The minimum atomic E-state index is -0.683. The van der Waals surface area contributed by atoms with Crippen LogP contribution in [0.3, 0.4) is 0 Å². The van der Waals surface area contributed by atoms with E-state index in [2.05, 4.69) is 17.9 Å². The average Bonchev–Trinajstić information content (AvgIpc) is 2.35. The van der Waals surface area contributed by atoms with Crippen molar-refractivity contribution >= 4 is 5.97 Å². The van der Waals surface area contributed by atoms with Crippen molar-refractivity contribution in [3.05, 3.63) is 29.8 Å². The molecule has 4 heteroatoms. The van der Waals surface area contributed by atoms with E-state index in [-0.39, 0.29) is 5.92 Å². The Morgan fingerprint density at radius 3 is 2.90 bits per heavy atom. The molecule has 1 aliphatic rings. The summed E-state index contributed by atoms with van der Waals surface area (Å²) in [4.78, 5) is 13.1. The van der Waals surface area contributed by atoms with Crippen LogP contribution >= 0.6 is 0 Å². The highest BCUT2D eigenvalue weighted by molar-refractivity contribution is 5.70. The fourth-order valence-electron chi connectivity index (χ4n) is 2.49. The molecule has 1 unspecified atom stereocenters. The van der Waals surface area contributed by atoms with Crippen molar-refractivity contribution in [2.75, 3.05) is 26.2 Å². The van der Waals surface area contributed by atoms with E-state index in [0.29, 0.717) is 12.5 Å². The number of rotatable bonds is 7. The fraction of sp³-hybridized carbons (Fsp3) is 0.562. The Bertz CT molecular complexity index is 455. The molecule has 0 aliphatic carbocycles. The van der Waals surface area contributed by atoms with Crippen LogP contribution in [-0.4, -0.2) is 42.2 Å². The van der Waals surface area contributed by atoms with Gasteiger partial charge in [0.05, 0.1) is 12.5 Å². The zero-order valence-corrected chi connectivity index (χ0v) is 12.2. The van der Waals surface area contributed by atoms with Gasteiger partial charge >= 0.3 is 5.97 Å². The second-order valence-electron chi connectivity index (χ2n) is 5.67. The van der Waals surface area contributed by atoms with Crippen LogP contribution in [0.4, 0.5) is 0 Å². The summed E-state index contributed by atoms with van der Waals surface area (Å²) in [7, 11) is 0. The van der Waals surface area contributed by atoms with Crippen molar-refractivity contribution in [1.82, 2.24) is 4.90 Å². The smallest absolute Gasteiger partial charge is 0.306 e. The zero-order valence-electron chi connectivity index (χ0n) is 12.2. The van der Waals surface area contributed by atoms with Gasteiger partial charge in [-0.2, -0.15) is 0 Å². The first-order valence-corrected chi connectivity index (χ1v) is 7.21. The lowest BCUT2D eigenvalue weighted by Crippen LogP contribution is -2.51. The number of aryl methyl sites for hydroxylation is 1. The highest BCUT2D eigenvalue weighted by atomic mass is 16.5. The Morgan fingerprint density at radius 2 is 2.25 bits per heavy atom. The Kier molecular flexibility index (Phi) is 5.01. The molecule has 0 bridgehead atoms. The summed E-state index contributed by atoms with van der Waals surface area (Å²) in [6.45, 7) is 7.34. The number of hydrogen-bond donors (Lipinski definition) is 1. The van der Waals surface area contributed by atoms with Crippen molar-refractivity contribution in [2.24, 2.45) is 11.8 Å². The lowest BCUT2D eigenvalue weighted by atomic mass is 9.87. The lowest BCUT2D eigenvalue weighted by molar-refractivity contribution is -0.145. The third kappa shape index (κ3) is 3.97. The first-order valence-electron chi connectivity index (χ1n) is 7.21. The van der Waals surface area contributed by atoms with Gasteiger partial charge in [0, 0.05) is 19.6 Å². The van der Waals surface area contributed by atoms with Crippen LogP contribution in [0.1, 0.15) is 18.9 Å². The summed E-state index contributed by atoms with van der Waals surface area (Å²) in [5.41, 5.74) is 1.20. The predicted molar refractivity (Wildman–Crippen MR) is 78.0 cm³/mol. The number of nitrogens with zero attached hydrogens (tertiary/aromatic N) is 1. The van der Waals surface area contributed by atoms with Crippen LogP contribution in [-0.2, 0) is 4.79 Å². The van der Waals surface area contributed by atoms with E-state index in [1.54, 1.807) is 6.92 Å². The van der Waals surface area contributed by atoms with Gasteiger partial charge in [0.15, 0.2) is 0 Å². The maximum Gasteiger partial charge on any atom is 0.306 e. The molecular weight excluding hydrogens is 254 g/mol. The van der Waals surface area contributed by atoms with Gasteiger partial charge in [0.25, 0.3) is 0 Å². The molecule has 2 rings (SSSR count). The number of hydrogen-bond acceptors (Lipinski definition) is 3. The molecule has 4 nitrogen and oxygen atoms in total. The molecule has 0 aromatic heterocycles. The lowest BCUT2D eigenvalue weighted by Gasteiger charge is -2.41. The van der Waals surface area contributed by atoms with Crippen molar-refractivity contribution < 1.29 is 14.6 Å². The van der Waals surface area contributed by atoms with Gasteiger partial charge in [-0.1, -0.05) is 19.1 Å². The van der Waals surface area contributed by atoms with Crippen LogP contribution in [0, 0.1) is 18.8 Å². The van der Waals surface area contributed by atoms with Crippen molar-refractivity contribution in [3.8, 4) is 5.75 Å². The van der Waals surface area contributed by atoms with E-state index in [1.807, 2.05) is 18.2 Å². The fourth-order valence-corrected chi connectivity index (χ4v) is 2.49. The highest BCUT2D eigenvalue weighted by Gasteiger charge is 2.33. The first kappa shape index (κ1) is 14.9. The van der Waals surface area contributed by atoms with Crippen LogP contribution in [0.15, 0.2) is 24.3 Å². The molecule has 1 aliphatic heterocycles. The summed E-state index contributed by atoms with van der Waals surface area (Å²) in [6, 6.07) is 8.06. The number of aliphatic carboxylic acids is 1. The Morgan fingerprint density at radius 1 is 1.50 bits per heavy atom. The van der Waals surface area contributed by atoms with Crippen molar-refractivity contribution in [1.29, 1.82) is 0 Å². The zero-order chi connectivity index (χ0) is 14.5. The third-order valence-electron chi connectivity index (χ3n) is 3.96. The molecule has 1 saturated heterocycles. The molecule has 20 heavy (non-hydrogen) atoms. The minimum Gasteiger partial charge on any atom is -0.494 e. The molecule has 1 aromatic rings. The minimum absolute atomic E-state index is 0.227. The molecule has 0 amide bonds. The Balaban J connectivity index is 1.58. The topological polar surface area (TPSA) is 49.8 Å². The standard InChI is InChI=1S/C16H23NO3/c1-12-5-3-6-15(9-12)20-8-4-7-17-10-14(11-17)13(2)16(18)19/h3,5-6,9,13-14H,4,7-8,10-11H2,1-2H3,(H,18,19). The first-order chi connectivity index (χ1) is 9.56. The largest absolute Gasteiger partial charge is 0.494 e. The SMILES string of the molecule is Cc1cccc(OCCCN2CC(C(C)C(=O)O)C2)c1. The van der Waals surface area contributed by atoms with E-state index in [9.17, 15) is 4.79 Å². The van der Waals surface area contributed by atoms with Gasteiger partial charge < -0.3 is 14.7 Å². The van der Waals surface area contributed by atoms with Gasteiger partial charge in [0.1, 0.15) is 5.75 Å². The van der Waals surface area contributed by atoms with E-state index in [4.69, 9.17) is 9.84 Å². The third-order valence-corrected chi connectivity index (χ3v) is 3.96. The van der Waals surface area contributed by atoms with Crippen LogP contribution in [0.2, 0.25) is 0 Å². The molecule has 1 aromatic carbocycles. The predicted octanol–water partition coefficient (Wildman–Crippen LogP) is 2.42. The number of carboxylic acid groups (broad SMARTS) is 1. The monoisotopic (exact) mass is 277 g/mol. The normalized spacial score (nSPS) is 17.5. The molecule has 0 radical (unpaired) electrons. The van der Waals surface area contributed by atoms with Crippen molar-refractivity contribution in [2.45, 2.75) is 20.3 Å². The maximum absolute atomic E-state index is 10.8. The average molecular weight is 277 g/mol. The second-order valence-corrected chi connectivity index (χ2v) is 5.67. The summed E-state index contributed by atoms with van der Waals surface area (Å²) in [6.07, 6.45) is 0.974. The van der Waals surface area contributed by atoms with Gasteiger partial charge in [-0.15, -0.1) is 0 Å². The molecule has 0 saturated carbocycles. The van der Waals surface area contributed by atoms with Gasteiger partial charge in [-0.3, -0.25) is 4.79 Å². The van der Waals surface area contributed by atoms with E-state index in [1.165, 1.54) is 5.56 Å². The Hall–Kier alpha value is -1.55. The number of carbonyl (C=O) groups is 1. The van der Waals surface area contributed by atoms with E-state index < -0.39 is 5.97 Å². The Labute approximate surface area is 120 Å². The van der Waals surface area contributed by atoms with Gasteiger partial charge in [-0.05, 0) is 37.0 Å². The van der Waals surface area contributed by atoms with Gasteiger partial charge in [0.2, 0.25) is 0 Å². The van der Waals surface area contributed by atoms with Crippen molar-refractivity contribution in [3.63, 3.8) is 0 Å². The second kappa shape index (κ2) is 6.75. The summed E-state index contributed by atoms with van der Waals surface area (Å²) < 4.78 is 5.70. The quantitative estimate of drug-likeness (QED) is 0.778. The molecule has 0 spiro atoms. The summed E-state index contributed by atoms with van der Waals surface area (Å²) in [5.74, 6) is 0.323. The van der Waals surface area contributed by atoms with Crippen LogP contribution in [0.25, 0.3) is 0 Å². The number of benzene rings is 1. The van der Waals surface area contributed by atoms with Gasteiger partial charge in [-0.25, -0.2) is 0 Å².